The Hall–Kier alpha value is -4.84. The van der Waals surface area contributed by atoms with Crippen LogP contribution in [0.15, 0.2) is 78.9 Å². The topological polar surface area (TPSA) is 109 Å². The number of hydrogen-bond donors (Lipinski definition) is 2. The van der Waals surface area contributed by atoms with Crippen molar-refractivity contribution in [1.29, 1.82) is 0 Å². The molecule has 0 spiro atoms. The van der Waals surface area contributed by atoms with Crippen molar-refractivity contribution in [2.45, 2.75) is 6.92 Å². The van der Waals surface area contributed by atoms with E-state index in [4.69, 9.17) is 0 Å². The summed E-state index contributed by atoms with van der Waals surface area (Å²) in [6.07, 6.45) is 0. The quantitative estimate of drug-likeness (QED) is 0.340. The fraction of sp³-hybridized carbons (Fsp3) is 0.0345. The van der Waals surface area contributed by atoms with Crippen LogP contribution < -0.4 is 0 Å². The van der Waals surface area contributed by atoms with Crippen molar-refractivity contribution in [2.24, 2.45) is 0 Å². The smallest absolute Gasteiger partial charge is 0.201 e. The third-order valence-corrected chi connectivity index (χ3v) is 6.08. The molecular formula is C29H18O6. The van der Waals surface area contributed by atoms with Gasteiger partial charge in [-0.15, -0.1) is 0 Å². The average Bonchev–Trinajstić information content (AvgIpc) is 2.86. The Bertz CT molecular complexity index is 1490. The highest BCUT2D eigenvalue weighted by Gasteiger charge is 2.34. The molecule has 2 aliphatic rings. The summed E-state index contributed by atoms with van der Waals surface area (Å²) in [6.45, 7) is 1.73. The maximum atomic E-state index is 12.3. The molecule has 6 heteroatoms. The van der Waals surface area contributed by atoms with Crippen molar-refractivity contribution in [3.05, 3.63) is 129 Å². The molecule has 0 saturated heterocycles. The van der Waals surface area contributed by atoms with Gasteiger partial charge in [-0.1, -0.05) is 60.7 Å². The third kappa shape index (κ3) is 3.43. The van der Waals surface area contributed by atoms with Crippen molar-refractivity contribution in [3.8, 4) is 11.5 Å². The highest BCUT2D eigenvalue weighted by atomic mass is 16.3. The zero-order valence-electron chi connectivity index (χ0n) is 18.5. The summed E-state index contributed by atoms with van der Waals surface area (Å²) in [5.41, 5.74) is 2.99. The van der Waals surface area contributed by atoms with Crippen LogP contribution in [0.3, 0.4) is 0 Å². The summed E-state index contributed by atoms with van der Waals surface area (Å²) < 4.78 is 0. The van der Waals surface area contributed by atoms with Gasteiger partial charge in [-0.2, -0.15) is 0 Å². The Balaban J connectivity index is 0.000000147. The minimum atomic E-state index is -0.528. The maximum absolute atomic E-state index is 12.3. The van der Waals surface area contributed by atoms with Crippen LogP contribution in [0.2, 0.25) is 0 Å². The summed E-state index contributed by atoms with van der Waals surface area (Å²) in [5.74, 6) is -1.50. The highest BCUT2D eigenvalue weighted by Crippen LogP contribution is 2.37. The predicted octanol–water partition coefficient (Wildman–Crippen LogP) is 4.64. The lowest BCUT2D eigenvalue weighted by Crippen LogP contribution is -2.21. The summed E-state index contributed by atoms with van der Waals surface area (Å²) in [7, 11) is 0. The predicted molar refractivity (Wildman–Crippen MR) is 128 cm³/mol. The Morgan fingerprint density at radius 2 is 0.886 bits per heavy atom. The van der Waals surface area contributed by atoms with E-state index in [1.54, 1.807) is 61.5 Å². The van der Waals surface area contributed by atoms with Crippen molar-refractivity contribution in [3.63, 3.8) is 0 Å². The molecule has 0 saturated carbocycles. The first kappa shape index (κ1) is 22.0. The van der Waals surface area contributed by atoms with Crippen molar-refractivity contribution >= 4 is 23.1 Å². The second kappa shape index (κ2) is 8.18. The van der Waals surface area contributed by atoms with Crippen molar-refractivity contribution < 1.29 is 29.4 Å². The Kier molecular flexibility index (Phi) is 5.14. The average molecular weight is 462 g/mol. The lowest BCUT2D eigenvalue weighted by Gasteiger charge is -2.19. The van der Waals surface area contributed by atoms with Crippen molar-refractivity contribution in [1.82, 2.24) is 0 Å². The molecule has 2 aliphatic carbocycles. The summed E-state index contributed by atoms with van der Waals surface area (Å²) in [4.78, 5) is 48.9. The number of aryl methyl sites for hydroxylation is 1. The molecule has 0 unspecified atom stereocenters. The first-order valence-electron chi connectivity index (χ1n) is 10.8. The van der Waals surface area contributed by atoms with Gasteiger partial charge in [-0.3, -0.25) is 19.2 Å². The molecule has 0 atom stereocenters. The van der Waals surface area contributed by atoms with Gasteiger partial charge < -0.3 is 10.2 Å². The van der Waals surface area contributed by atoms with E-state index < -0.39 is 5.78 Å². The van der Waals surface area contributed by atoms with E-state index in [0.717, 1.165) is 0 Å². The highest BCUT2D eigenvalue weighted by molar-refractivity contribution is 6.30. The molecule has 0 amide bonds. The molecule has 0 radical (unpaired) electrons. The molecule has 0 aliphatic heterocycles. The molecule has 0 fully saturated rings. The van der Waals surface area contributed by atoms with Crippen LogP contribution in [0.25, 0.3) is 0 Å². The number of fused-ring (bicyclic) bond motifs is 4. The molecule has 6 rings (SSSR count). The zero-order valence-corrected chi connectivity index (χ0v) is 18.5. The Morgan fingerprint density at radius 3 is 1.40 bits per heavy atom. The molecule has 2 N–H and O–H groups in total. The molecule has 4 aromatic rings. The van der Waals surface area contributed by atoms with Gasteiger partial charge in [0.05, 0.1) is 11.1 Å². The van der Waals surface area contributed by atoms with Crippen molar-refractivity contribution in [2.75, 3.05) is 0 Å². The Labute approximate surface area is 200 Å². The van der Waals surface area contributed by atoms with E-state index in [1.807, 2.05) is 0 Å². The van der Waals surface area contributed by atoms with E-state index in [1.165, 1.54) is 24.3 Å². The number of carbonyl (C=O) groups excluding carboxylic acids is 4. The fourth-order valence-corrected chi connectivity index (χ4v) is 4.47. The lowest BCUT2D eigenvalue weighted by atomic mass is 9.82. The van der Waals surface area contributed by atoms with E-state index in [2.05, 4.69) is 0 Å². The Morgan fingerprint density at radius 1 is 0.457 bits per heavy atom. The molecule has 6 nitrogen and oxygen atoms in total. The summed E-state index contributed by atoms with van der Waals surface area (Å²) in [6, 6.07) is 21.3. The third-order valence-electron chi connectivity index (χ3n) is 6.08. The van der Waals surface area contributed by atoms with Gasteiger partial charge in [-0.25, -0.2) is 0 Å². The van der Waals surface area contributed by atoms with Crippen LogP contribution in [0.4, 0.5) is 0 Å². The van der Waals surface area contributed by atoms with E-state index in [0.29, 0.717) is 27.8 Å². The van der Waals surface area contributed by atoms with Gasteiger partial charge in [0.1, 0.15) is 11.5 Å². The number of rotatable bonds is 0. The second-order valence-electron chi connectivity index (χ2n) is 8.31. The van der Waals surface area contributed by atoms with Gasteiger partial charge in [0.2, 0.25) is 5.78 Å². The van der Waals surface area contributed by atoms with Crippen LogP contribution >= 0.6 is 0 Å². The molecule has 35 heavy (non-hydrogen) atoms. The SMILES string of the molecule is Cc1cc(O)c2c(c1)C(=O)c1cccc(O)c1C2=O.O=C1c2ccccc2C(=O)c2ccccc21. The monoisotopic (exact) mass is 462 g/mol. The number of phenols is 2. The molecule has 170 valence electrons. The van der Waals surface area contributed by atoms with E-state index in [9.17, 15) is 29.4 Å². The van der Waals surface area contributed by atoms with Crippen LogP contribution in [-0.4, -0.2) is 33.3 Å². The van der Waals surface area contributed by atoms with E-state index >= 15 is 0 Å². The van der Waals surface area contributed by atoms with Crippen LogP contribution in [-0.2, 0) is 0 Å². The molecule has 0 bridgehead atoms. The largest absolute Gasteiger partial charge is 0.507 e. The number of carbonyl (C=O) groups is 4. The normalized spacial score (nSPS) is 13.2. The summed E-state index contributed by atoms with van der Waals surface area (Å²) in [5, 5.41) is 19.6. The van der Waals surface area contributed by atoms with E-state index in [-0.39, 0.29) is 51.1 Å². The van der Waals surface area contributed by atoms with Crippen LogP contribution in [0.5, 0.6) is 11.5 Å². The fourth-order valence-electron chi connectivity index (χ4n) is 4.47. The van der Waals surface area contributed by atoms with Crippen LogP contribution in [0.1, 0.15) is 69.2 Å². The minimum absolute atomic E-state index is 0.0374. The molecule has 0 aromatic heterocycles. The van der Waals surface area contributed by atoms with Gasteiger partial charge in [0.15, 0.2) is 17.3 Å². The first-order valence-corrected chi connectivity index (χ1v) is 10.8. The molecular weight excluding hydrogens is 444 g/mol. The number of aromatic hydroxyl groups is 2. The molecule has 0 heterocycles. The number of phenolic OH excluding ortho intramolecular Hbond substituents is 2. The van der Waals surface area contributed by atoms with Gasteiger partial charge in [-0.05, 0) is 30.7 Å². The standard InChI is InChI=1S/C15H10O4.C14H8O2/c1-7-5-9-13(11(17)6-7)15(19)12-8(14(9)18)3-2-4-10(12)16;15-13-9-5-1-2-6-10(9)14(16)12-8-4-3-7-11(12)13/h2-6,16-17H,1H3;1-8H. The molecule has 4 aromatic carbocycles. The zero-order chi connectivity index (χ0) is 24.9. The van der Waals surface area contributed by atoms with Crippen LogP contribution in [0, 0.1) is 6.92 Å². The lowest BCUT2D eigenvalue weighted by molar-refractivity contribution is 0.0974. The van der Waals surface area contributed by atoms with Gasteiger partial charge >= 0.3 is 0 Å². The second-order valence-corrected chi connectivity index (χ2v) is 8.31. The maximum Gasteiger partial charge on any atom is 0.201 e. The van der Waals surface area contributed by atoms with Gasteiger partial charge in [0, 0.05) is 33.4 Å². The summed E-state index contributed by atoms with van der Waals surface area (Å²) >= 11 is 0. The minimum Gasteiger partial charge on any atom is -0.507 e. The number of hydrogen-bond acceptors (Lipinski definition) is 6. The first-order chi connectivity index (χ1) is 16.8. The number of benzene rings is 4. The van der Waals surface area contributed by atoms with Gasteiger partial charge in [0.25, 0.3) is 0 Å². The number of ketones is 4.